The Morgan fingerprint density at radius 1 is 1.50 bits per heavy atom. The van der Waals surface area contributed by atoms with Gasteiger partial charge in [-0.15, -0.1) is 0 Å². The maximum atomic E-state index is 11.9. The Kier molecular flexibility index (Phi) is 3.59. The molecule has 2 rings (SSSR count). The van der Waals surface area contributed by atoms with Gasteiger partial charge in [0.1, 0.15) is 5.69 Å². The number of rotatable bonds is 2. The summed E-state index contributed by atoms with van der Waals surface area (Å²) < 4.78 is 0.887. The first-order chi connectivity index (χ1) is 7.66. The van der Waals surface area contributed by atoms with Crippen LogP contribution in [0.5, 0.6) is 0 Å². The van der Waals surface area contributed by atoms with E-state index < -0.39 is 0 Å². The fourth-order valence-corrected chi connectivity index (χ4v) is 2.35. The van der Waals surface area contributed by atoms with Crippen LogP contribution in [0, 0.1) is 5.92 Å². The molecule has 0 spiro atoms. The van der Waals surface area contributed by atoms with Crippen LogP contribution < -0.4 is 5.32 Å². The van der Waals surface area contributed by atoms with Crippen molar-refractivity contribution in [1.82, 2.24) is 10.3 Å². The third-order valence-corrected chi connectivity index (χ3v) is 3.61. The number of carbonyl (C=O) groups is 1. The highest BCUT2D eigenvalue weighted by Crippen LogP contribution is 2.24. The largest absolute Gasteiger partial charge is 0.348 e. The van der Waals surface area contributed by atoms with Gasteiger partial charge in [-0.05, 0) is 46.8 Å². The van der Waals surface area contributed by atoms with E-state index in [4.69, 9.17) is 0 Å². The van der Waals surface area contributed by atoms with E-state index in [1.165, 1.54) is 12.8 Å². The number of hydrogen-bond donors (Lipinski definition) is 1. The molecule has 1 aromatic rings. The molecule has 0 saturated heterocycles. The van der Waals surface area contributed by atoms with Crippen LogP contribution in [0.25, 0.3) is 0 Å². The number of nitrogens with one attached hydrogen (secondary N) is 1. The van der Waals surface area contributed by atoms with E-state index in [0.29, 0.717) is 17.7 Å². The van der Waals surface area contributed by atoms with E-state index >= 15 is 0 Å². The van der Waals surface area contributed by atoms with Crippen molar-refractivity contribution >= 4 is 21.8 Å². The fourth-order valence-electron chi connectivity index (χ4n) is 2.11. The molecular formula is C12H15BrN2O. The fraction of sp³-hybridized carbons (Fsp3) is 0.500. The van der Waals surface area contributed by atoms with Crippen LogP contribution in [0.4, 0.5) is 0 Å². The smallest absolute Gasteiger partial charge is 0.270 e. The summed E-state index contributed by atoms with van der Waals surface area (Å²) in [6, 6.07) is 3.89. The molecule has 1 heterocycles. The molecule has 16 heavy (non-hydrogen) atoms. The quantitative estimate of drug-likeness (QED) is 0.906. The third kappa shape index (κ3) is 2.61. The number of pyridine rings is 1. The van der Waals surface area contributed by atoms with Crippen LogP contribution >= 0.6 is 15.9 Å². The molecule has 1 fully saturated rings. The van der Waals surface area contributed by atoms with Crippen molar-refractivity contribution in [3.05, 3.63) is 28.5 Å². The minimum absolute atomic E-state index is 0.0637. The maximum Gasteiger partial charge on any atom is 0.270 e. The van der Waals surface area contributed by atoms with E-state index in [2.05, 4.69) is 33.2 Å². The highest BCUT2D eigenvalue weighted by Gasteiger charge is 2.25. The normalized spacial score (nSPS) is 24.4. The molecule has 1 aliphatic carbocycles. The van der Waals surface area contributed by atoms with E-state index in [0.717, 1.165) is 10.9 Å². The summed E-state index contributed by atoms with van der Waals surface area (Å²) in [6.45, 7) is 2.19. The predicted octanol–water partition coefficient (Wildman–Crippen LogP) is 2.76. The maximum absolute atomic E-state index is 11.9. The van der Waals surface area contributed by atoms with Crippen LogP contribution in [0.2, 0.25) is 0 Å². The first kappa shape index (κ1) is 11.6. The lowest BCUT2D eigenvalue weighted by atomic mass is 10.1. The van der Waals surface area contributed by atoms with Crippen molar-refractivity contribution in [1.29, 1.82) is 0 Å². The first-order valence-corrected chi connectivity index (χ1v) is 6.38. The Hall–Kier alpha value is -0.900. The van der Waals surface area contributed by atoms with Gasteiger partial charge < -0.3 is 5.32 Å². The summed E-state index contributed by atoms with van der Waals surface area (Å²) in [5, 5.41) is 3.05. The average molecular weight is 283 g/mol. The van der Waals surface area contributed by atoms with E-state index in [1.807, 2.05) is 6.07 Å². The van der Waals surface area contributed by atoms with Crippen LogP contribution in [0.15, 0.2) is 22.8 Å². The molecule has 0 bridgehead atoms. The number of amides is 1. The lowest BCUT2D eigenvalue weighted by Crippen LogP contribution is -2.36. The van der Waals surface area contributed by atoms with E-state index in [1.54, 1.807) is 12.3 Å². The molecule has 1 aromatic heterocycles. The summed E-state index contributed by atoms with van der Waals surface area (Å²) in [5.74, 6) is 0.519. The monoisotopic (exact) mass is 282 g/mol. The summed E-state index contributed by atoms with van der Waals surface area (Å²) in [7, 11) is 0. The predicted molar refractivity (Wildman–Crippen MR) is 66.2 cm³/mol. The molecular weight excluding hydrogens is 268 g/mol. The number of aromatic nitrogens is 1. The lowest BCUT2D eigenvalue weighted by Gasteiger charge is -2.16. The second-order valence-electron chi connectivity index (χ2n) is 4.35. The van der Waals surface area contributed by atoms with Gasteiger partial charge in [0.25, 0.3) is 5.91 Å². The first-order valence-electron chi connectivity index (χ1n) is 5.59. The van der Waals surface area contributed by atoms with Crippen molar-refractivity contribution in [3.63, 3.8) is 0 Å². The highest BCUT2D eigenvalue weighted by atomic mass is 79.9. The number of hydrogen-bond acceptors (Lipinski definition) is 2. The van der Waals surface area contributed by atoms with E-state index in [-0.39, 0.29) is 5.91 Å². The third-order valence-electron chi connectivity index (χ3n) is 3.14. The topological polar surface area (TPSA) is 42.0 Å². The van der Waals surface area contributed by atoms with Gasteiger partial charge in [-0.2, -0.15) is 0 Å². The zero-order chi connectivity index (χ0) is 11.5. The summed E-state index contributed by atoms with van der Waals surface area (Å²) >= 11 is 3.30. The Morgan fingerprint density at radius 2 is 2.31 bits per heavy atom. The minimum Gasteiger partial charge on any atom is -0.348 e. The van der Waals surface area contributed by atoms with Crippen molar-refractivity contribution in [2.75, 3.05) is 0 Å². The summed E-state index contributed by atoms with van der Waals surface area (Å²) in [4.78, 5) is 16.0. The Bertz CT molecular complexity index is 377. The molecule has 4 heteroatoms. The molecule has 0 aliphatic heterocycles. The molecule has 3 nitrogen and oxygen atoms in total. The van der Waals surface area contributed by atoms with Crippen molar-refractivity contribution in [2.45, 2.75) is 32.2 Å². The molecule has 0 radical (unpaired) electrons. The molecule has 1 aliphatic rings. The SMILES string of the molecule is CC1CCCC1NC(=O)c1ccc(Br)cn1. The molecule has 1 saturated carbocycles. The van der Waals surface area contributed by atoms with Gasteiger partial charge in [-0.3, -0.25) is 4.79 Å². The summed E-state index contributed by atoms with van der Waals surface area (Å²) in [6.07, 6.45) is 5.15. The Labute approximate surface area is 104 Å². The van der Waals surface area contributed by atoms with Gasteiger partial charge in [0.15, 0.2) is 0 Å². The van der Waals surface area contributed by atoms with E-state index in [9.17, 15) is 4.79 Å². The molecule has 86 valence electrons. The Balaban J connectivity index is 2.00. The average Bonchev–Trinajstić information content (AvgIpc) is 2.65. The van der Waals surface area contributed by atoms with Gasteiger partial charge >= 0.3 is 0 Å². The molecule has 2 atom stereocenters. The minimum atomic E-state index is -0.0637. The standard InChI is InChI=1S/C12H15BrN2O/c1-8-3-2-4-10(8)15-12(16)11-6-5-9(13)7-14-11/h5-8,10H,2-4H2,1H3,(H,15,16). The molecule has 1 amide bonds. The van der Waals surface area contributed by atoms with Gasteiger partial charge in [-0.25, -0.2) is 4.98 Å². The second kappa shape index (κ2) is 4.95. The zero-order valence-corrected chi connectivity index (χ0v) is 10.8. The summed E-state index contributed by atoms with van der Waals surface area (Å²) in [5.41, 5.74) is 0.488. The van der Waals surface area contributed by atoms with Gasteiger partial charge in [-0.1, -0.05) is 13.3 Å². The van der Waals surface area contributed by atoms with Crippen molar-refractivity contribution < 1.29 is 4.79 Å². The number of nitrogens with zero attached hydrogens (tertiary/aromatic N) is 1. The molecule has 0 aromatic carbocycles. The Morgan fingerprint density at radius 3 is 2.88 bits per heavy atom. The van der Waals surface area contributed by atoms with Gasteiger partial charge in [0.2, 0.25) is 0 Å². The van der Waals surface area contributed by atoms with Crippen LogP contribution in [-0.4, -0.2) is 16.9 Å². The van der Waals surface area contributed by atoms with Crippen molar-refractivity contribution in [2.24, 2.45) is 5.92 Å². The lowest BCUT2D eigenvalue weighted by molar-refractivity contribution is 0.0924. The highest BCUT2D eigenvalue weighted by molar-refractivity contribution is 9.10. The van der Waals surface area contributed by atoms with Crippen LogP contribution in [-0.2, 0) is 0 Å². The zero-order valence-electron chi connectivity index (χ0n) is 9.24. The second-order valence-corrected chi connectivity index (χ2v) is 5.27. The number of carbonyl (C=O) groups excluding carboxylic acids is 1. The van der Waals surface area contributed by atoms with Gasteiger partial charge in [0, 0.05) is 16.7 Å². The van der Waals surface area contributed by atoms with Gasteiger partial charge in [0.05, 0.1) is 0 Å². The van der Waals surface area contributed by atoms with Crippen LogP contribution in [0.3, 0.4) is 0 Å². The number of halogens is 1. The van der Waals surface area contributed by atoms with Crippen molar-refractivity contribution in [3.8, 4) is 0 Å². The van der Waals surface area contributed by atoms with Crippen LogP contribution in [0.1, 0.15) is 36.7 Å². The molecule has 2 unspecified atom stereocenters. The molecule has 1 N–H and O–H groups in total.